The molecule has 2 N–H and O–H groups in total. The predicted molar refractivity (Wildman–Crippen MR) is 99.3 cm³/mol. The van der Waals surface area contributed by atoms with Crippen molar-refractivity contribution in [1.82, 2.24) is 0 Å². The summed E-state index contributed by atoms with van der Waals surface area (Å²) in [7, 11) is -1.04. The average molecular weight is 359 g/mol. The molecule has 25 heavy (non-hydrogen) atoms. The van der Waals surface area contributed by atoms with Crippen LogP contribution < -0.4 is 10.2 Å². The van der Waals surface area contributed by atoms with Gasteiger partial charge in [0.2, 0.25) is 0 Å². The lowest BCUT2D eigenvalue weighted by Gasteiger charge is -2.19. The number of hydrogen-bond donors (Lipinski definition) is 2. The maximum absolute atomic E-state index is 12.2. The van der Waals surface area contributed by atoms with Gasteiger partial charge in [0.25, 0.3) is 5.91 Å². The summed E-state index contributed by atoms with van der Waals surface area (Å²) in [5.74, 6) is 0.310. The average Bonchev–Trinajstić information content (AvgIpc) is 2.96. The Hall–Kier alpha value is -2.18. The van der Waals surface area contributed by atoms with Crippen molar-refractivity contribution >= 4 is 21.4 Å². The molecule has 0 radical (unpaired) electrons. The van der Waals surface area contributed by atoms with Gasteiger partial charge in [0, 0.05) is 12.1 Å². The number of sulfone groups is 1. The minimum Gasteiger partial charge on any atom is -0.326 e. The van der Waals surface area contributed by atoms with E-state index < -0.39 is 9.84 Å². The van der Waals surface area contributed by atoms with E-state index >= 15 is 0 Å². The lowest BCUT2D eigenvalue weighted by molar-refractivity contribution is -0.894. The van der Waals surface area contributed by atoms with Crippen molar-refractivity contribution in [3.05, 3.63) is 54.6 Å². The highest BCUT2D eigenvalue weighted by Crippen LogP contribution is 2.20. The summed E-state index contributed by atoms with van der Waals surface area (Å²) in [6.45, 7) is 0.265. The lowest BCUT2D eigenvalue weighted by Crippen LogP contribution is -3.14. The Labute approximate surface area is 148 Å². The molecule has 0 aromatic heterocycles. The number of rotatable bonds is 5. The molecule has 6 heteroatoms. The van der Waals surface area contributed by atoms with Crippen LogP contribution in [0.4, 0.5) is 5.69 Å². The molecule has 1 aliphatic heterocycles. The first kappa shape index (κ1) is 17.6. The SMILES string of the molecule is C[NH+](CC(=O)Nc1ccc(-c2ccccc2)cc1)[C@@H]1CCS(=O)(=O)C1. The summed E-state index contributed by atoms with van der Waals surface area (Å²) in [5, 5.41) is 2.89. The van der Waals surface area contributed by atoms with Crippen LogP contribution in [-0.2, 0) is 14.6 Å². The fourth-order valence-corrected chi connectivity index (χ4v) is 5.04. The monoisotopic (exact) mass is 359 g/mol. The van der Waals surface area contributed by atoms with Crippen molar-refractivity contribution < 1.29 is 18.1 Å². The molecule has 2 aromatic carbocycles. The molecule has 1 aliphatic rings. The van der Waals surface area contributed by atoms with Crippen LogP contribution in [0.25, 0.3) is 11.1 Å². The molecule has 3 rings (SSSR count). The van der Waals surface area contributed by atoms with E-state index in [2.05, 4.69) is 5.32 Å². The molecule has 1 unspecified atom stereocenters. The van der Waals surface area contributed by atoms with Crippen LogP contribution in [0.3, 0.4) is 0 Å². The zero-order valence-corrected chi connectivity index (χ0v) is 15.1. The molecule has 0 bridgehead atoms. The molecule has 1 fully saturated rings. The van der Waals surface area contributed by atoms with Crippen molar-refractivity contribution in [2.45, 2.75) is 12.5 Å². The summed E-state index contributed by atoms with van der Waals surface area (Å²) in [6, 6.07) is 17.8. The summed E-state index contributed by atoms with van der Waals surface area (Å²) >= 11 is 0. The van der Waals surface area contributed by atoms with Crippen molar-refractivity contribution in [3.63, 3.8) is 0 Å². The van der Waals surface area contributed by atoms with E-state index in [1.54, 1.807) is 0 Å². The molecular weight excluding hydrogens is 336 g/mol. The highest BCUT2D eigenvalue weighted by molar-refractivity contribution is 7.91. The van der Waals surface area contributed by atoms with Crippen LogP contribution in [0.1, 0.15) is 6.42 Å². The van der Waals surface area contributed by atoms with Gasteiger partial charge in [-0.15, -0.1) is 0 Å². The number of benzene rings is 2. The predicted octanol–water partition coefficient (Wildman–Crippen LogP) is 0.994. The van der Waals surface area contributed by atoms with Gasteiger partial charge in [0.1, 0.15) is 11.8 Å². The Bertz CT molecular complexity index is 833. The molecule has 0 spiro atoms. The van der Waals surface area contributed by atoms with E-state index in [0.29, 0.717) is 6.42 Å². The third kappa shape index (κ3) is 4.67. The first-order valence-electron chi connectivity index (χ1n) is 8.41. The first-order chi connectivity index (χ1) is 11.9. The number of nitrogens with one attached hydrogen (secondary N) is 2. The van der Waals surface area contributed by atoms with E-state index in [0.717, 1.165) is 21.7 Å². The van der Waals surface area contributed by atoms with E-state index in [-0.39, 0.29) is 30.0 Å². The van der Waals surface area contributed by atoms with Gasteiger partial charge in [0.05, 0.1) is 12.8 Å². The molecule has 132 valence electrons. The van der Waals surface area contributed by atoms with Crippen molar-refractivity contribution in [2.24, 2.45) is 0 Å². The minimum absolute atomic E-state index is 0.0104. The second-order valence-electron chi connectivity index (χ2n) is 6.61. The van der Waals surface area contributed by atoms with E-state index in [1.165, 1.54) is 0 Å². The maximum atomic E-state index is 12.2. The molecule has 0 aliphatic carbocycles. The smallest absolute Gasteiger partial charge is 0.279 e. The van der Waals surface area contributed by atoms with Crippen LogP contribution in [0, 0.1) is 0 Å². The third-order valence-electron chi connectivity index (χ3n) is 4.64. The Morgan fingerprint density at radius 2 is 1.72 bits per heavy atom. The van der Waals surface area contributed by atoms with Gasteiger partial charge in [-0.1, -0.05) is 42.5 Å². The van der Waals surface area contributed by atoms with Crippen molar-refractivity contribution in [1.29, 1.82) is 0 Å². The number of anilines is 1. The molecule has 1 amide bonds. The molecule has 1 saturated heterocycles. The number of likely N-dealkylation sites (N-methyl/N-ethyl adjacent to an activating group) is 1. The third-order valence-corrected chi connectivity index (χ3v) is 6.41. The molecule has 2 atom stereocenters. The standard InChI is InChI=1S/C19H22N2O3S/c1-21(18-11-12-25(23,24)14-18)13-19(22)20-17-9-7-16(8-10-17)15-5-3-2-4-6-15/h2-10,18H,11-14H2,1H3,(H,20,22)/p+1/t18-/m1/s1. The molecule has 2 aromatic rings. The lowest BCUT2D eigenvalue weighted by atomic mass is 10.1. The normalized spacial score (nSPS) is 20.1. The zero-order valence-electron chi connectivity index (χ0n) is 14.2. The number of carbonyl (C=O) groups is 1. The number of quaternary nitrogens is 1. The molecule has 0 saturated carbocycles. The van der Waals surface area contributed by atoms with E-state index in [9.17, 15) is 13.2 Å². The van der Waals surface area contributed by atoms with Gasteiger partial charge >= 0.3 is 0 Å². The Morgan fingerprint density at radius 3 is 2.32 bits per heavy atom. The second kappa shape index (κ2) is 7.37. The zero-order chi connectivity index (χ0) is 17.9. The Morgan fingerprint density at radius 1 is 1.08 bits per heavy atom. The topological polar surface area (TPSA) is 67.7 Å². The van der Waals surface area contributed by atoms with Crippen molar-refractivity contribution in [2.75, 3.05) is 30.4 Å². The fraction of sp³-hybridized carbons (Fsp3) is 0.316. The number of carbonyl (C=O) groups excluding carboxylic acids is 1. The number of hydrogen-bond acceptors (Lipinski definition) is 3. The van der Waals surface area contributed by atoms with Gasteiger partial charge in [-0.05, 0) is 23.3 Å². The van der Waals surface area contributed by atoms with E-state index in [4.69, 9.17) is 0 Å². The molecular formula is C19H23N2O3S+. The quantitative estimate of drug-likeness (QED) is 0.837. The molecule has 5 nitrogen and oxygen atoms in total. The minimum atomic E-state index is -2.92. The fourth-order valence-electron chi connectivity index (χ4n) is 3.16. The number of amides is 1. The second-order valence-corrected chi connectivity index (χ2v) is 8.84. The van der Waals surface area contributed by atoms with Gasteiger partial charge in [-0.25, -0.2) is 8.42 Å². The van der Waals surface area contributed by atoms with Crippen LogP contribution in [0.5, 0.6) is 0 Å². The van der Waals surface area contributed by atoms with Crippen LogP contribution in [0.2, 0.25) is 0 Å². The van der Waals surface area contributed by atoms with Gasteiger partial charge in [-0.3, -0.25) is 4.79 Å². The highest BCUT2D eigenvalue weighted by Gasteiger charge is 2.34. The van der Waals surface area contributed by atoms with E-state index in [1.807, 2.05) is 61.6 Å². The largest absolute Gasteiger partial charge is 0.326 e. The summed E-state index contributed by atoms with van der Waals surface area (Å²) in [5.41, 5.74) is 2.97. The van der Waals surface area contributed by atoms with Crippen LogP contribution in [0.15, 0.2) is 54.6 Å². The highest BCUT2D eigenvalue weighted by atomic mass is 32.2. The van der Waals surface area contributed by atoms with Gasteiger partial charge in [-0.2, -0.15) is 0 Å². The summed E-state index contributed by atoms with van der Waals surface area (Å²) in [6.07, 6.45) is 0.632. The maximum Gasteiger partial charge on any atom is 0.279 e. The van der Waals surface area contributed by atoms with Crippen molar-refractivity contribution in [3.8, 4) is 11.1 Å². The Balaban J connectivity index is 1.56. The first-order valence-corrected chi connectivity index (χ1v) is 10.2. The summed E-state index contributed by atoms with van der Waals surface area (Å²) < 4.78 is 23.1. The van der Waals surface area contributed by atoms with Gasteiger partial charge < -0.3 is 10.2 Å². The van der Waals surface area contributed by atoms with Crippen LogP contribution in [-0.4, -0.2) is 45.5 Å². The van der Waals surface area contributed by atoms with Gasteiger partial charge in [0.15, 0.2) is 16.4 Å². The Kier molecular flexibility index (Phi) is 5.20. The summed E-state index contributed by atoms with van der Waals surface area (Å²) in [4.78, 5) is 13.2. The van der Waals surface area contributed by atoms with Crippen LogP contribution >= 0.6 is 0 Å². The molecule has 1 heterocycles.